The van der Waals surface area contributed by atoms with Gasteiger partial charge in [-0.15, -0.1) is 0 Å². The summed E-state index contributed by atoms with van der Waals surface area (Å²) < 4.78 is 43.2. The Morgan fingerprint density at radius 2 is 1.83 bits per heavy atom. The van der Waals surface area contributed by atoms with Gasteiger partial charge in [-0.3, -0.25) is 25.4 Å². The zero-order valence-corrected chi connectivity index (χ0v) is 12.1. The van der Waals surface area contributed by atoms with Gasteiger partial charge in [0.15, 0.2) is 6.61 Å². The molecule has 126 valence electrons. The molecule has 9 heteroatoms. The predicted octanol–water partition coefficient (Wildman–Crippen LogP) is 1.94. The van der Waals surface area contributed by atoms with E-state index in [0.717, 1.165) is 12.1 Å². The van der Waals surface area contributed by atoms with E-state index >= 15 is 0 Å². The predicted molar refractivity (Wildman–Crippen MR) is 76.8 cm³/mol. The van der Waals surface area contributed by atoms with Gasteiger partial charge in [-0.2, -0.15) is 13.2 Å². The number of nitrogens with zero attached hydrogens (tertiary/aromatic N) is 1. The quantitative estimate of drug-likeness (QED) is 0.835. The number of halogens is 3. The summed E-state index contributed by atoms with van der Waals surface area (Å²) in [5.74, 6) is -1.91. The monoisotopic (exact) mass is 339 g/mol. The average molecular weight is 339 g/mol. The molecule has 0 bridgehead atoms. The number of rotatable bonds is 4. The van der Waals surface area contributed by atoms with Crippen molar-refractivity contribution in [1.82, 2.24) is 15.8 Å². The zero-order valence-electron chi connectivity index (χ0n) is 12.1. The van der Waals surface area contributed by atoms with E-state index in [4.69, 9.17) is 4.74 Å². The van der Waals surface area contributed by atoms with Crippen LogP contribution in [0.1, 0.15) is 15.9 Å². The van der Waals surface area contributed by atoms with Gasteiger partial charge in [0.2, 0.25) is 0 Å². The van der Waals surface area contributed by atoms with E-state index < -0.39 is 35.9 Å². The lowest BCUT2D eigenvalue weighted by molar-refractivity contribution is -0.139. The number of hydrogen-bond donors (Lipinski definition) is 2. The van der Waals surface area contributed by atoms with Gasteiger partial charge in [0.1, 0.15) is 5.75 Å². The minimum Gasteiger partial charge on any atom is -0.483 e. The Bertz CT molecular complexity index is 721. The number of ether oxygens (including phenoxy) is 1. The number of carbonyl (C=O) groups is 2. The second kappa shape index (κ2) is 7.44. The molecule has 1 aromatic heterocycles. The molecule has 0 atom stereocenters. The molecule has 0 saturated heterocycles. The molecule has 6 nitrogen and oxygen atoms in total. The fourth-order valence-electron chi connectivity index (χ4n) is 1.70. The van der Waals surface area contributed by atoms with E-state index in [1.165, 1.54) is 36.7 Å². The molecule has 24 heavy (non-hydrogen) atoms. The highest BCUT2D eigenvalue weighted by atomic mass is 19.4. The van der Waals surface area contributed by atoms with Crippen LogP contribution in [0.15, 0.2) is 48.8 Å². The van der Waals surface area contributed by atoms with E-state index in [1.807, 2.05) is 5.43 Å². The standard InChI is InChI=1S/C15H12F3N3O3/c16-15(17,18)11-5-1-2-6-12(11)24-9-13(22)20-21-14(23)10-4-3-7-19-8-10/h1-8H,9H2,(H,20,22)(H,21,23). The summed E-state index contributed by atoms with van der Waals surface area (Å²) >= 11 is 0. The van der Waals surface area contributed by atoms with Crippen molar-refractivity contribution in [2.45, 2.75) is 6.18 Å². The van der Waals surface area contributed by atoms with Gasteiger partial charge in [-0.25, -0.2) is 0 Å². The molecule has 1 aromatic carbocycles. The number of carbonyl (C=O) groups excluding carboxylic acids is 2. The Morgan fingerprint density at radius 3 is 2.50 bits per heavy atom. The maximum atomic E-state index is 12.8. The Morgan fingerprint density at radius 1 is 1.08 bits per heavy atom. The van der Waals surface area contributed by atoms with Crippen molar-refractivity contribution in [2.24, 2.45) is 0 Å². The van der Waals surface area contributed by atoms with E-state index in [9.17, 15) is 22.8 Å². The van der Waals surface area contributed by atoms with Crippen LogP contribution in [-0.4, -0.2) is 23.4 Å². The highest BCUT2D eigenvalue weighted by Gasteiger charge is 2.34. The Balaban J connectivity index is 1.87. The number of aromatic nitrogens is 1. The molecule has 0 aliphatic carbocycles. The third kappa shape index (κ3) is 4.70. The summed E-state index contributed by atoms with van der Waals surface area (Å²) in [5, 5.41) is 0. The van der Waals surface area contributed by atoms with Gasteiger partial charge in [0, 0.05) is 12.4 Å². The van der Waals surface area contributed by atoms with Crippen LogP contribution in [0.3, 0.4) is 0 Å². The number of pyridine rings is 1. The van der Waals surface area contributed by atoms with Gasteiger partial charge in [0.25, 0.3) is 11.8 Å². The summed E-state index contributed by atoms with van der Waals surface area (Å²) in [6.45, 7) is -0.694. The van der Waals surface area contributed by atoms with E-state index in [2.05, 4.69) is 10.4 Å². The van der Waals surface area contributed by atoms with Crippen LogP contribution in [0.4, 0.5) is 13.2 Å². The van der Waals surface area contributed by atoms with Crippen molar-refractivity contribution in [3.63, 3.8) is 0 Å². The number of para-hydroxylation sites is 1. The first-order valence-corrected chi connectivity index (χ1v) is 6.66. The number of hydrazine groups is 1. The van der Waals surface area contributed by atoms with Crippen molar-refractivity contribution >= 4 is 11.8 Å². The minimum atomic E-state index is -4.60. The summed E-state index contributed by atoms with van der Waals surface area (Å²) in [7, 11) is 0. The third-order valence-electron chi connectivity index (χ3n) is 2.79. The lowest BCUT2D eigenvalue weighted by atomic mass is 10.2. The highest BCUT2D eigenvalue weighted by molar-refractivity contribution is 5.95. The van der Waals surface area contributed by atoms with Crippen LogP contribution in [0.5, 0.6) is 5.75 Å². The first-order valence-electron chi connectivity index (χ1n) is 6.66. The molecule has 0 saturated carbocycles. The van der Waals surface area contributed by atoms with Crippen LogP contribution in [0.2, 0.25) is 0 Å². The number of hydrogen-bond acceptors (Lipinski definition) is 4. The normalized spacial score (nSPS) is 10.8. The molecule has 0 unspecified atom stereocenters. The molecule has 2 rings (SSSR count). The maximum absolute atomic E-state index is 12.8. The topological polar surface area (TPSA) is 80.3 Å². The number of nitrogens with one attached hydrogen (secondary N) is 2. The summed E-state index contributed by atoms with van der Waals surface area (Å²) in [6.07, 6.45) is -1.83. The molecule has 2 amide bonds. The molecule has 1 heterocycles. The maximum Gasteiger partial charge on any atom is 0.419 e. The molecule has 0 fully saturated rings. The van der Waals surface area contributed by atoms with Gasteiger partial charge < -0.3 is 4.74 Å². The number of amides is 2. The zero-order chi connectivity index (χ0) is 17.6. The average Bonchev–Trinajstić information content (AvgIpc) is 2.58. The molecular formula is C15H12F3N3O3. The Kier molecular flexibility index (Phi) is 5.35. The second-order valence-electron chi connectivity index (χ2n) is 4.53. The van der Waals surface area contributed by atoms with Gasteiger partial charge >= 0.3 is 6.18 Å². The molecule has 0 spiro atoms. The van der Waals surface area contributed by atoms with Crippen LogP contribution in [0.25, 0.3) is 0 Å². The van der Waals surface area contributed by atoms with Crippen LogP contribution >= 0.6 is 0 Å². The van der Waals surface area contributed by atoms with Gasteiger partial charge in [-0.05, 0) is 24.3 Å². The lowest BCUT2D eigenvalue weighted by Crippen LogP contribution is -2.43. The number of alkyl halides is 3. The molecule has 0 radical (unpaired) electrons. The Hall–Kier alpha value is -3.10. The lowest BCUT2D eigenvalue weighted by Gasteiger charge is -2.13. The fourth-order valence-corrected chi connectivity index (χ4v) is 1.70. The van der Waals surface area contributed by atoms with Crippen molar-refractivity contribution in [3.8, 4) is 5.75 Å². The summed E-state index contributed by atoms with van der Waals surface area (Å²) in [4.78, 5) is 27.0. The SMILES string of the molecule is O=C(COc1ccccc1C(F)(F)F)NNC(=O)c1cccnc1. The molecule has 2 aromatic rings. The molecule has 2 N–H and O–H groups in total. The van der Waals surface area contributed by atoms with Crippen LogP contribution < -0.4 is 15.6 Å². The van der Waals surface area contributed by atoms with Crippen LogP contribution in [-0.2, 0) is 11.0 Å². The van der Waals surface area contributed by atoms with E-state index in [1.54, 1.807) is 0 Å². The third-order valence-corrected chi connectivity index (χ3v) is 2.79. The van der Waals surface area contributed by atoms with Crippen molar-refractivity contribution in [1.29, 1.82) is 0 Å². The molecule has 0 aliphatic rings. The smallest absolute Gasteiger partial charge is 0.419 e. The Labute approximate surface area is 134 Å². The van der Waals surface area contributed by atoms with E-state index in [-0.39, 0.29) is 5.56 Å². The highest BCUT2D eigenvalue weighted by Crippen LogP contribution is 2.35. The van der Waals surface area contributed by atoms with Crippen molar-refractivity contribution in [3.05, 3.63) is 59.9 Å². The minimum absolute atomic E-state index is 0.209. The van der Waals surface area contributed by atoms with Crippen molar-refractivity contribution < 1.29 is 27.5 Å². The first kappa shape index (κ1) is 17.3. The molecular weight excluding hydrogens is 327 g/mol. The largest absolute Gasteiger partial charge is 0.483 e. The summed E-state index contributed by atoms with van der Waals surface area (Å²) in [6, 6.07) is 7.52. The van der Waals surface area contributed by atoms with Gasteiger partial charge in [-0.1, -0.05) is 12.1 Å². The van der Waals surface area contributed by atoms with Crippen molar-refractivity contribution in [2.75, 3.05) is 6.61 Å². The summed E-state index contributed by atoms with van der Waals surface area (Å²) in [5.41, 5.74) is 3.36. The van der Waals surface area contributed by atoms with E-state index in [0.29, 0.717) is 0 Å². The molecule has 0 aliphatic heterocycles. The van der Waals surface area contributed by atoms with Gasteiger partial charge in [0.05, 0.1) is 11.1 Å². The fraction of sp³-hybridized carbons (Fsp3) is 0.133. The van der Waals surface area contributed by atoms with Crippen LogP contribution in [0, 0.1) is 0 Å². The first-order chi connectivity index (χ1) is 11.4. The number of benzene rings is 1. The second-order valence-corrected chi connectivity index (χ2v) is 4.53.